The molecule has 2 heterocycles. The number of nitrogens with zero attached hydrogens (tertiary/aromatic N) is 3. The molecule has 0 radical (unpaired) electrons. The van der Waals surface area contributed by atoms with Crippen LogP contribution >= 0.6 is 0 Å². The van der Waals surface area contributed by atoms with Crippen LogP contribution in [0.5, 0.6) is 0 Å². The van der Waals surface area contributed by atoms with Gasteiger partial charge in [0.1, 0.15) is 5.82 Å². The quantitative estimate of drug-likeness (QED) is 0.858. The van der Waals surface area contributed by atoms with Gasteiger partial charge in [-0.15, -0.1) is 0 Å². The minimum absolute atomic E-state index is 0.179. The van der Waals surface area contributed by atoms with Gasteiger partial charge < -0.3 is 5.32 Å². The number of nitrogens with one attached hydrogen (secondary N) is 2. The zero-order valence-electron chi connectivity index (χ0n) is 11.1. The van der Waals surface area contributed by atoms with Gasteiger partial charge in [0.25, 0.3) is 0 Å². The van der Waals surface area contributed by atoms with Crippen LogP contribution in [0.4, 0.5) is 15.8 Å². The molecule has 0 aliphatic carbocycles. The predicted molar refractivity (Wildman–Crippen MR) is 74.4 cm³/mol. The molecular formula is C13H14FN5O. The SMILES string of the molecule is CCC1(NC(C)=O)NN=C2C=Nc3cc(F)ccc3N21. The van der Waals surface area contributed by atoms with Crippen LogP contribution in [-0.4, -0.2) is 23.7 Å². The summed E-state index contributed by atoms with van der Waals surface area (Å²) in [5.41, 5.74) is 4.16. The van der Waals surface area contributed by atoms with E-state index in [0.717, 1.165) is 0 Å². The Kier molecular flexibility index (Phi) is 2.70. The van der Waals surface area contributed by atoms with Gasteiger partial charge in [0, 0.05) is 19.4 Å². The van der Waals surface area contributed by atoms with Crippen LogP contribution < -0.4 is 15.6 Å². The van der Waals surface area contributed by atoms with Gasteiger partial charge in [0.05, 0.1) is 17.6 Å². The molecule has 0 fully saturated rings. The lowest BCUT2D eigenvalue weighted by Crippen LogP contribution is -2.65. The van der Waals surface area contributed by atoms with Crippen molar-refractivity contribution in [1.29, 1.82) is 0 Å². The van der Waals surface area contributed by atoms with Gasteiger partial charge in [0.2, 0.25) is 11.7 Å². The zero-order valence-corrected chi connectivity index (χ0v) is 11.1. The number of amidine groups is 1. The number of rotatable bonds is 2. The largest absolute Gasteiger partial charge is 0.315 e. The number of hydrazone groups is 1. The number of halogens is 1. The summed E-state index contributed by atoms with van der Waals surface area (Å²) in [6, 6.07) is 4.36. The summed E-state index contributed by atoms with van der Waals surface area (Å²) in [5, 5.41) is 7.06. The minimum Gasteiger partial charge on any atom is -0.315 e. The Morgan fingerprint density at radius 2 is 2.35 bits per heavy atom. The number of hydrogen-bond donors (Lipinski definition) is 2. The number of anilines is 1. The van der Waals surface area contributed by atoms with Crippen molar-refractivity contribution in [3.8, 4) is 0 Å². The van der Waals surface area contributed by atoms with Crippen molar-refractivity contribution >= 4 is 29.3 Å². The van der Waals surface area contributed by atoms with Gasteiger partial charge >= 0.3 is 0 Å². The monoisotopic (exact) mass is 275 g/mol. The van der Waals surface area contributed by atoms with Gasteiger partial charge in [-0.05, 0) is 12.1 Å². The van der Waals surface area contributed by atoms with Crippen LogP contribution in [-0.2, 0) is 4.79 Å². The molecule has 0 bridgehead atoms. The predicted octanol–water partition coefficient (Wildman–Crippen LogP) is 1.46. The van der Waals surface area contributed by atoms with Crippen molar-refractivity contribution in [1.82, 2.24) is 10.7 Å². The Bertz CT molecular complexity index is 642. The molecule has 0 aromatic heterocycles. The molecule has 0 saturated carbocycles. The Hall–Kier alpha value is -2.44. The first kappa shape index (κ1) is 12.6. The first-order valence-electron chi connectivity index (χ1n) is 6.33. The summed E-state index contributed by atoms with van der Waals surface area (Å²) in [6.45, 7) is 3.37. The second-order valence-electron chi connectivity index (χ2n) is 4.70. The highest BCUT2D eigenvalue weighted by atomic mass is 19.1. The van der Waals surface area contributed by atoms with E-state index < -0.39 is 5.79 Å². The molecule has 104 valence electrons. The lowest BCUT2D eigenvalue weighted by molar-refractivity contribution is -0.121. The Morgan fingerprint density at radius 3 is 3.05 bits per heavy atom. The molecule has 1 atom stereocenters. The van der Waals surface area contributed by atoms with E-state index >= 15 is 0 Å². The lowest BCUT2D eigenvalue weighted by atomic mass is 10.1. The van der Waals surface area contributed by atoms with Gasteiger partial charge in [-0.25, -0.2) is 4.39 Å². The summed E-state index contributed by atoms with van der Waals surface area (Å²) in [5.74, 6) is -0.794. The van der Waals surface area contributed by atoms with Crippen LogP contribution in [0.3, 0.4) is 0 Å². The lowest BCUT2D eigenvalue weighted by Gasteiger charge is -2.39. The minimum atomic E-state index is -0.847. The van der Waals surface area contributed by atoms with E-state index in [1.54, 1.807) is 12.3 Å². The number of benzene rings is 1. The van der Waals surface area contributed by atoms with E-state index in [-0.39, 0.29) is 11.7 Å². The van der Waals surface area contributed by atoms with Crippen molar-refractivity contribution in [2.75, 3.05) is 4.90 Å². The van der Waals surface area contributed by atoms with E-state index in [1.165, 1.54) is 19.1 Å². The molecule has 2 aliphatic heterocycles. The summed E-state index contributed by atoms with van der Waals surface area (Å²) < 4.78 is 13.3. The molecule has 3 rings (SSSR count). The summed E-state index contributed by atoms with van der Waals surface area (Å²) in [7, 11) is 0. The average molecular weight is 275 g/mol. The second-order valence-corrected chi connectivity index (χ2v) is 4.70. The molecule has 2 aliphatic rings. The van der Waals surface area contributed by atoms with E-state index in [0.29, 0.717) is 23.6 Å². The second kappa shape index (κ2) is 4.29. The van der Waals surface area contributed by atoms with Gasteiger partial charge in [-0.3, -0.25) is 20.1 Å². The first-order valence-corrected chi connectivity index (χ1v) is 6.33. The number of fused-ring (bicyclic) bond motifs is 3. The molecular weight excluding hydrogens is 261 g/mol. The molecule has 1 amide bonds. The van der Waals surface area contributed by atoms with Crippen LogP contribution in [0.15, 0.2) is 28.3 Å². The van der Waals surface area contributed by atoms with E-state index in [1.807, 2.05) is 11.8 Å². The average Bonchev–Trinajstić information content (AvgIpc) is 2.77. The fourth-order valence-corrected chi connectivity index (χ4v) is 2.48. The topological polar surface area (TPSA) is 69.1 Å². The van der Waals surface area contributed by atoms with Crippen molar-refractivity contribution in [2.24, 2.45) is 10.1 Å². The number of carbonyl (C=O) groups excluding carboxylic acids is 1. The summed E-state index contributed by atoms with van der Waals surface area (Å²) in [6.07, 6.45) is 2.12. The van der Waals surface area contributed by atoms with Gasteiger partial charge in [-0.1, -0.05) is 6.92 Å². The fraction of sp³-hybridized carbons (Fsp3) is 0.308. The third kappa shape index (κ3) is 1.74. The Balaban J connectivity index is 2.10. The molecule has 0 saturated heterocycles. The van der Waals surface area contributed by atoms with Crippen molar-refractivity contribution in [3.63, 3.8) is 0 Å². The van der Waals surface area contributed by atoms with Crippen LogP contribution in [0.25, 0.3) is 0 Å². The van der Waals surface area contributed by atoms with Crippen LogP contribution in [0.2, 0.25) is 0 Å². The van der Waals surface area contributed by atoms with Gasteiger partial charge in [0.15, 0.2) is 5.84 Å². The van der Waals surface area contributed by atoms with Crippen molar-refractivity contribution in [2.45, 2.75) is 26.1 Å². The highest BCUT2D eigenvalue weighted by Crippen LogP contribution is 2.37. The van der Waals surface area contributed by atoms with Crippen molar-refractivity contribution in [3.05, 3.63) is 24.0 Å². The van der Waals surface area contributed by atoms with Crippen LogP contribution in [0, 0.1) is 5.82 Å². The van der Waals surface area contributed by atoms with E-state index in [2.05, 4.69) is 20.8 Å². The first-order chi connectivity index (χ1) is 9.55. The maximum Gasteiger partial charge on any atom is 0.220 e. The Morgan fingerprint density at radius 1 is 1.55 bits per heavy atom. The summed E-state index contributed by atoms with van der Waals surface area (Å²) >= 11 is 0. The number of aliphatic imine (C=N–C) groups is 1. The molecule has 6 nitrogen and oxygen atoms in total. The number of carbonyl (C=O) groups is 1. The molecule has 7 heteroatoms. The highest BCUT2D eigenvalue weighted by molar-refractivity contribution is 6.39. The highest BCUT2D eigenvalue weighted by Gasteiger charge is 2.45. The van der Waals surface area contributed by atoms with E-state index in [4.69, 9.17) is 0 Å². The third-order valence-electron chi connectivity index (χ3n) is 3.36. The number of amides is 1. The van der Waals surface area contributed by atoms with Gasteiger partial charge in [-0.2, -0.15) is 5.10 Å². The molecule has 1 unspecified atom stereocenters. The Labute approximate surface area is 115 Å². The third-order valence-corrected chi connectivity index (χ3v) is 3.36. The standard InChI is InChI=1S/C13H14FN5O/c1-3-13(16-8(2)20)18-17-12-7-15-10-6-9(14)4-5-11(10)19(12)13/h4-7,18H,3H2,1-2H3,(H,16,20). The summed E-state index contributed by atoms with van der Waals surface area (Å²) in [4.78, 5) is 17.5. The molecule has 1 aromatic rings. The normalized spacial score (nSPS) is 22.8. The number of hydrogen-bond acceptors (Lipinski definition) is 5. The van der Waals surface area contributed by atoms with Crippen LogP contribution in [0.1, 0.15) is 20.3 Å². The molecule has 20 heavy (non-hydrogen) atoms. The maximum absolute atomic E-state index is 13.3. The molecule has 0 spiro atoms. The zero-order chi connectivity index (χ0) is 14.3. The molecule has 1 aromatic carbocycles. The fourth-order valence-electron chi connectivity index (χ4n) is 2.48. The smallest absolute Gasteiger partial charge is 0.220 e. The van der Waals surface area contributed by atoms with E-state index in [9.17, 15) is 9.18 Å². The van der Waals surface area contributed by atoms with Crippen molar-refractivity contribution < 1.29 is 9.18 Å². The molecule has 2 N–H and O–H groups in total. The maximum atomic E-state index is 13.3.